The Labute approximate surface area is 178 Å². The van der Waals surface area contributed by atoms with Gasteiger partial charge in [-0.25, -0.2) is 0 Å². The number of nitrogens with zero attached hydrogens (tertiary/aromatic N) is 1. The number of amides is 2. The van der Waals surface area contributed by atoms with Gasteiger partial charge >= 0.3 is 0 Å². The molecule has 0 radical (unpaired) electrons. The lowest BCUT2D eigenvalue weighted by Gasteiger charge is -2.17. The number of carbonyl (C=O) groups excluding carboxylic acids is 2. The Hall–Kier alpha value is -4.18. The van der Waals surface area contributed by atoms with Crippen molar-refractivity contribution in [1.82, 2.24) is 9.88 Å². The highest BCUT2D eigenvalue weighted by molar-refractivity contribution is 6.12. The van der Waals surface area contributed by atoms with Crippen molar-refractivity contribution >= 4 is 33.6 Å². The molecular weight excluding hydrogens is 384 g/mol. The van der Waals surface area contributed by atoms with Crippen molar-refractivity contribution in [3.63, 3.8) is 0 Å². The van der Waals surface area contributed by atoms with Crippen LogP contribution in [0.25, 0.3) is 38.6 Å². The third kappa shape index (κ3) is 2.76. The summed E-state index contributed by atoms with van der Waals surface area (Å²) in [7, 11) is 0. The molecule has 5 aromatic rings. The first-order valence-electron chi connectivity index (χ1n) is 10.3. The number of hydrogen-bond acceptors (Lipinski definition) is 2. The van der Waals surface area contributed by atoms with Crippen molar-refractivity contribution in [2.75, 3.05) is 0 Å². The van der Waals surface area contributed by atoms with Gasteiger partial charge < -0.3 is 4.57 Å². The fraction of sp³-hybridized carbons (Fsp3) is 0.0370. The zero-order valence-electron chi connectivity index (χ0n) is 16.6. The van der Waals surface area contributed by atoms with E-state index in [1.807, 2.05) is 48.5 Å². The van der Waals surface area contributed by atoms with Gasteiger partial charge in [0.25, 0.3) is 5.91 Å². The Bertz CT molecular complexity index is 1510. The van der Waals surface area contributed by atoms with Crippen LogP contribution in [-0.2, 0) is 11.2 Å². The number of imide groups is 1. The summed E-state index contributed by atoms with van der Waals surface area (Å²) in [6, 6.07) is 30.9. The van der Waals surface area contributed by atoms with Crippen LogP contribution in [0.3, 0.4) is 0 Å². The molecule has 31 heavy (non-hydrogen) atoms. The normalized spacial score (nSPS) is 13.4. The number of nitrogens with one attached hydrogen (secondary N) is 1. The second-order valence-corrected chi connectivity index (χ2v) is 7.85. The van der Waals surface area contributed by atoms with Crippen LogP contribution >= 0.6 is 0 Å². The Balaban J connectivity index is 1.61. The maximum absolute atomic E-state index is 12.4. The van der Waals surface area contributed by atoms with Crippen molar-refractivity contribution in [2.24, 2.45) is 0 Å². The van der Waals surface area contributed by atoms with Crippen LogP contribution in [0, 0.1) is 0 Å². The third-order valence-electron chi connectivity index (χ3n) is 5.98. The summed E-state index contributed by atoms with van der Waals surface area (Å²) in [6.07, 6.45) is 0.231. The molecule has 0 atom stereocenters. The molecule has 0 bridgehead atoms. The maximum Gasteiger partial charge on any atom is 0.258 e. The first kappa shape index (κ1) is 17.7. The molecule has 0 spiro atoms. The van der Waals surface area contributed by atoms with Gasteiger partial charge in [-0.2, -0.15) is 0 Å². The fourth-order valence-corrected chi connectivity index (χ4v) is 4.54. The lowest BCUT2D eigenvalue weighted by molar-refractivity contribution is -0.119. The van der Waals surface area contributed by atoms with Crippen molar-refractivity contribution in [2.45, 2.75) is 6.42 Å². The molecule has 2 amide bonds. The number of benzene rings is 4. The highest BCUT2D eigenvalue weighted by atomic mass is 16.2. The summed E-state index contributed by atoms with van der Waals surface area (Å²) < 4.78 is 2.18. The molecule has 0 aliphatic carbocycles. The Morgan fingerprint density at radius 2 is 1.45 bits per heavy atom. The number of fused-ring (bicyclic) bond motifs is 4. The standard InChI is InChI=1S/C27H18N2O2/c30-26-15-19-10-12-20(16-22(19)27(31)28-26)29-24-9-5-4-8-21(24)23-14-18(11-13-25(23)29)17-6-2-1-3-7-17/h1-14,16H,15H2,(H,28,30,31). The van der Waals surface area contributed by atoms with Crippen LogP contribution in [-0.4, -0.2) is 16.4 Å². The summed E-state index contributed by atoms with van der Waals surface area (Å²) in [5.41, 5.74) is 6.73. The van der Waals surface area contributed by atoms with Crippen molar-refractivity contribution in [1.29, 1.82) is 0 Å². The molecule has 2 heterocycles. The molecule has 4 heteroatoms. The van der Waals surface area contributed by atoms with Crippen molar-refractivity contribution in [3.8, 4) is 16.8 Å². The Kier molecular flexibility index (Phi) is 3.80. The zero-order chi connectivity index (χ0) is 20.9. The van der Waals surface area contributed by atoms with E-state index in [1.54, 1.807) is 0 Å². The first-order valence-corrected chi connectivity index (χ1v) is 10.3. The van der Waals surface area contributed by atoms with E-state index in [-0.39, 0.29) is 18.2 Å². The summed E-state index contributed by atoms with van der Waals surface area (Å²) in [4.78, 5) is 24.1. The average molecular weight is 402 g/mol. The Morgan fingerprint density at radius 3 is 2.32 bits per heavy atom. The molecule has 4 nitrogen and oxygen atoms in total. The first-order chi connectivity index (χ1) is 15.2. The van der Waals surface area contributed by atoms with E-state index in [1.165, 1.54) is 11.1 Å². The van der Waals surface area contributed by atoms with Gasteiger partial charge in [-0.3, -0.25) is 14.9 Å². The highest BCUT2D eigenvalue weighted by Crippen LogP contribution is 2.35. The minimum absolute atomic E-state index is 0.231. The van der Waals surface area contributed by atoms with Gasteiger partial charge in [0.1, 0.15) is 0 Å². The summed E-state index contributed by atoms with van der Waals surface area (Å²) >= 11 is 0. The molecule has 1 aromatic heterocycles. The van der Waals surface area contributed by atoms with Crippen LogP contribution in [0.15, 0.2) is 91.0 Å². The number of rotatable bonds is 2. The van der Waals surface area contributed by atoms with Gasteiger partial charge in [0.05, 0.1) is 17.5 Å². The van der Waals surface area contributed by atoms with Gasteiger partial charge in [-0.15, -0.1) is 0 Å². The quantitative estimate of drug-likeness (QED) is 0.409. The molecule has 1 aliphatic rings. The van der Waals surface area contributed by atoms with E-state index in [2.05, 4.69) is 52.3 Å². The van der Waals surface area contributed by atoms with Gasteiger partial charge in [0.15, 0.2) is 0 Å². The lowest BCUT2D eigenvalue weighted by atomic mass is 9.99. The van der Waals surface area contributed by atoms with Crippen molar-refractivity contribution < 1.29 is 9.59 Å². The van der Waals surface area contributed by atoms with E-state index < -0.39 is 0 Å². The molecule has 0 unspecified atom stereocenters. The SMILES string of the molecule is O=C1Cc2ccc(-n3c4ccccc4c4cc(-c5ccccc5)ccc43)cc2C(=O)N1. The van der Waals surface area contributed by atoms with Crippen LogP contribution < -0.4 is 5.32 Å². The van der Waals surface area contributed by atoms with Crippen LogP contribution in [0.1, 0.15) is 15.9 Å². The third-order valence-corrected chi connectivity index (χ3v) is 5.98. The minimum atomic E-state index is -0.333. The average Bonchev–Trinajstić information content (AvgIpc) is 3.13. The van der Waals surface area contributed by atoms with E-state index in [4.69, 9.17) is 0 Å². The molecule has 1 aliphatic heterocycles. The molecular formula is C27H18N2O2. The van der Waals surface area contributed by atoms with Gasteiger partial charge in [-0.1, -0.05) is 60.7 Å². The van der Waals surface area contributed by atoms with Crippen LogP contribution in [0.4, 0.5) is 0 Å². The fourth-order valence-electron chi connectivity index (χ4n) is 4.54. The molecule has 0 saturated heterocycles. The predicted molar refractivity (Wildman–Crippen MR) is 122 cm³/mol. The Morgan fingerprint density at radius 1 is 0.677 bits per heavy atom. The van der Waals surface area contributed by atoms with E-state index in [9.17, 15) is 9.59 Å². The summed E-state index contributed by atoms with van der Waals surface area (Å²) in [6.45, 7) is 0. The van der Waals surface area contributed by atoms with E-state index in [0.29, 0.717) is 5.56 Å². The van der Waals surface area contributed by atoms with Crippen LogP contribution in [0.2, 0.25) is 0 Å². The maximum atomic E-state index is 12.4. The lowest BCUT2D eigenvalue weighted by Crippen LogP contribution is -2.37. The second kappa shape index (κ2) is 6.67. The second-order valence-electron chi connectivity index (χ2n) is 7.85. The molecule has 0 saturated carbocycles. The predicted octanol–water partition coefficient (Wildman–Crippen LogP) is 5.26. The largest absolute Gasteiger partial charge is 0.309 e. The summed E-state index contributed by atoms with van der Waals surface area (Å²) in [5.74, 6) is -0.587. The molecule has 6 rings (SSSR count). The van der Waals surface area contributed by atoms with Crippen LogP contribution in [0.5, 0.6) is 0 Å². The summed E-state index contributed by atoms with van der Waals surface area (Å²) in [5, 5.41) is 4.74. The van der Waals surface area contributed by atoms with Gasteiger partial charge in [0.2, 0.25) is 5.91 Å². The molecule has 4 aromatic carbocycles. The molecule has 1 N–H and O–H groups in total. The van der Waals surface area contributed by atoms with Crippen molar-refractivity contribution in [3.05, 3.63) is 102 Å². The highest BCUT2D eigenvalue weighted by Gasteiger charge is 2.23. The number of para-hydroxylation sites is 1. The molecule has 0 fully saturated rings. The zero-order valence-corrected chi connectivity index (χ0v) is 16.6. The van der Waals surface area contributed by atoms with E-state index in [0.717, 1.165) is 33.1 Å². The number of hydrogen-bond donors (Lipinski definition) is 1. The van der Waals surface area contributed by atoms with E-state index >= 15 is 0 Å². The van der Waals surface area contributed by atoms with Gasteiger partial charge in [-0.05, 0) is 47.0 Å². The number of aromatic nitrogens is 1. The number of carbonyl (C=O) groups is 2. The molecule has 148 valence electrons. The smallest absolute Gasteiger partial charge is 0.258 e. The topological polar surface area (TPSA) is 51.1 Å². The van der Waals surface area contributed by atoms with Gasteiger partial charge in [0, 0.05) is 22.0 Å². The monoisotopic (exact) mass is 402 g/mol. The minimum Gasteiger partial charge on any atom is -0.309 e.